The van der Waals surface area contributed by atoms with Gasteiger partial charge in [-0.25, -0.2) is 4.98 Å². The lowest BCUT2D eigenvalue weighted by molar-refractivity contribution is 0.0953. The average Bonchev–Trinajstić information content (AvgIpc) is 3.19. The summed E-state index contributed by atoms with van der Waals surface area (Å²) in [4.78, 5) is 16.5. The van der Waals surface area contributed by atoms with Crippen molar-refractivity contribution in [2.75, 3.05) is 32.1 Å². The molecule has 2 heterocycles. The van der Waals surface area contributed by atoms with Crippen LogP contribution in [0.3, 0.4) is 0 Å². The molecule has 1 aromatic heterocycles. The van der Waals surface area contributed by atoms with Gasteiger partial charge in [0.1, 0.15) is 11.6 Å². The zero-order chi connectivity index (χ0) is 18.2. The summed E-state index contributed by atoms with van der Waals surface area (Å²) < 4.78 is 5.15. The maximum absolute atomic E-state index is 12.2. The molecule has 0 saturated carbocycles. The van der Waals surface area contributed by atoms with Crippen molar-refractivity contribution in [1.29, 1.82) is 0 Å². The summed E-state index contributed by atoms with van der Waals surface area (Å²) >= 11 is 0. The minimum atomic E-state index is -0.0821. The Kier molecular flexibility index (Phi) is 6.44. The van der Waals surface area contributed by atoms with E-state index in [2.05, 4.69) is 33.1 Å². The predicted molar refractivity (Wildman–Crippen MR) is 103 cm³/mol. The van der Waals surface area contributed by atoms with Gasteiger partial charge in [-0.3, -0.25) is 4.79 Å². The summed E-state index contributed by atoms with van der Waals surface area (Å²) in [7, 11) is 1.66. The van der Waals surface area contributed by atoms with Crippen molar-refractivity contribution in [3.63, 3.8) is 0 Å². The van der Waals surface area contributed by atoms with E-state index >= 15 is 0 Å². The number of hydrogen-bond donors (Lipinski definition) is 3. The van der Waals surface area contributed by atoms with E-state index in [9.17, 15) is 4.79 Å². The molecular formula is C20H26N4O2. The number of aryl methyl sites for hydroxylation is 1. The van der Waals surface area contributed by atoms with E-state index in [1.54, 1.807) is 13.3 Å². The standard InChI is InChI=1S/C20H26N4O2/c1-26-18-7-4-15(5-8-18)3-2-11-22-20(25)16-6-9-19(23-13-16)24-17-10-12-21-14-17/h4-9,13,17,21H,2-3,10-12,14H2,1H3,(H,22,25)(H,23,24). The first-order valence-corrected chi connectivity index (χ1v) is 9.09. The molecule has 1 saturated heterocycles. The summed E-state index contributed by atoms with van der Waals surface area (Å²) in [5, 5.41) is 9.63. The molecule has 1 aliphatic rings. The van der Waals surface area contributed by atoms with Crippen molar-refractivity contribution in [2.45, 2.75) is 25.3 Å². The number of nitrogens with zero attached hydrogens (tertiary/aromatic N) is 1. The van der Waals surface area contributed by atoms with E-state index in [-0.39, 0.29) is 5.91 Å². The molecule has 1 aliphatic heterocycles. The molecule has 0 aliphatic carbocycles. The molecule has 1 amide bonds. The van der Waals surface area contributed by atoms with Crippen LogP contribution in [0.25, 0.3) is 0 Å². The first kappa shape index (κ1) is 18.2. The fourth-order valence-electron chi connectivity index (χ4n) is 2.99. The number of hydrogen-bond acceptors (Lipinski definition) is 5. The molecule has 138 valence electrons. The number of carbonyl (C=O) groups excluding carboxylic acids is 1. The van der Waals surface area contributed by atoms with Gasteiger partial charge in [-0.15, -0.1) is 0 Å². The van der Waals surface area contributed by atoms with Gasteiger partial charge in [0.2, 0.25) is 0 Å². The first-order valence-electron chi connectivity index (χ1n) is 9.09. The van der Waals surface area contributed by atoms with Gasteiger partial charge in [0, 0.05) is 25.3 Å². The third-order valence-corrected chi connectivity index (χ3v) is 4.52. The van der Waals surface area contributed by atoms with Crippen LogP contribution in [0.4, 0.5) is 5.82 Å². The number of methoxy groups -OCH3 is 1. The minimum Gasteiger partial charge on any atom is -0.497 e. The lowest BCUT2D eigenvalue weighted by Gasteiger charge is -2.12. The predicted octanol–water partition coefficient (Wildman–Crippen LogP) is 2.23. The number of anilines is 1. The molecule has 1 aromatic carbocycles. The molecule has 1 unspecified atom stereocenters. The molecule has 2 aromatic rings. The second-order valence-electron chi connectivity index (χ2n) is 6.47. The number of carbonyl (C=O) groups is 1. The van der Waals surface area contributed by atoms with Crippen molar-refractivity contribution in [3.8, 4) is 5.75 Å². The van der Waals surface area contributed by atoms with E-state index in [0.717, 1.165) is 43.9 Å². The molecule has 0 bridgehead atoms. The molecule has 6 nitrogen and oxygen atoms in total. The fourth-order valence-corrected chi connectivity index (χ4v) is 2.99. The van der Waals surface area contributed by atoms with Gasteiger partial charge in [0.25, 0.3) is 5.91 Å². The number of aromatic nitrogens is 1. The highest BCUT2D eigenvalue weighted by Crippen LogP contribution is 2.13. The summed E-state index contributed by atoms with van der Waals surface area (Å²) in [5.74, 6) is 1.59. The van der Waals surface area contributed by atoms with Crippen LogP contribution in [0.2, 0.25) is 0 Å². The lowest BCUT2D eigenvalue weighted by Crippen LogP contribution is -2.25. The normalized spacial score (nSPS) is 16.3. The van der Waals surface area contributed by atoms with Gasteiger partial charge in [-0.1, -0.05) is 12.1 Å². The van der Waals surface area contributed by atoms with E-state index < -0.39 is 0 Å². The van der Waals surface area contributed by atoms with E-state index in [1.165, 1.54) is 5.56 Å². The SMILES string of the molecule is COc1ccc(CCCNC(=O)c2ccc(NC3CCNC3)nc2)cc1. The Morgan fingerprint density at radius 3 is 2.77 bits per heavy atom. The first-order chi connectivity index (χ1) is 12.7. The highest BCUT2D eigenvalue weighted by molar-refractivity contribution is 5.94. The highest BCUT2D eigenvalue weighted by Gasteiger charge is 2.14. The van der Waals surface area contributed by atoms with Crippen LogP contribution in [0.5, 0.6) is 5.75 Å². The molecule has 0 spiro atoms. The Labute approximate surface area is 154 Å². The summed E-state index contributed by atoms with van der Waals surface area (Å²) in [6.45, 7) is 2.63. The maximum atomic E-state index is 12.2. The zero-order valence-corrected chi connectivity index (χ0v) is 15.1. The van der Waals surface area contributed by atoms with E-state index in [1.807, 2.05) is 24.3 Å². The Morgan fingerprint density at radius 2 is 2.12 bits per heavy atom. The summed E-state index contributed by atoms with van der Waals surface area (Å²) in [6, 6.07) is 12.1. The Bertz CT molecular complexity index is 695. The maximum Gasteiger partial charge on any atom is 0.252 e. The van der Waals surface area contributed by atoms with Crippen molar-refractivity contribution in [2.24, 2.45) is 0 Å². The molecule has 26 heavy (non-hydrogen) atoms. The Hall–Kier alpha value is -2.60. The number of benzene rings is 1. The van der Waals surface area contributed by atoms with Gasteiger partial charge < -0.3 is 20.7 Å². The van der Waals surface area contributed by atoms with Crippen LogP contribution >= 0.6 is 0 Å². The number of pyridine rings is 1. The van der Waals surface area contributed by atoms with Gasteiger partial charge in [-0.2, -0.15) is 0 Å². The van der Waals surface area contributed by atoms with Crippen LogP contribution in [0.1, 0.15) is 28.8 Å². The highest BCUT2D eigenvalue weighted by atomic mass is 16.5. The van der Waals surface area contributed by atoms with Gasteiger partial charge >= 0.3 is 0 Å². The topological polar surface area (TPSA) is 75.3 Å². The third kappa shape index (κ3) is 5.20. The van der Waals surface area contributed by atoms with Crippen molar-refractivity contribution in [3.05, 3.63) is 53.7 Å². The third-order valence-electron chi connectivity index (χ3n) is 4.52. The van der Waals surface area contributed by atoms with Crippen LogP contribution < -0.4 is 20.7 Å². The van der Waals surface area contributed by atoms with Crippen molar-refractivity contribution in [1.82, 2.24) is 15.6 Å². The molecule has 6 heteroatoms. The van der Waals surface area contributed by atoms with Gasteiger partial charge in [-0.05, 0) is 55.6 Å². The molecule has 0 radical (unpaired) electrons. The van der Waals surface area contributed by atoms with Crippen molar-refractivity contribution >= 4 is 11.7 Å². The second kappa shape index (κ2) is 9.20. The van der Waals surface area contributed by atoms with E-state index in [4.69, 9.17) is 4.74 Å². The minimum absolute atomic E-state index is 0.0821. The lowest BCUT2D eigenvalue weighted by atomic mass is 10.1. The number of amides is 1. The fraction of sp³-hybridized carbons (Fsp3) is 0.400. The van der Waals surface area contributed by atoms with Gasteiger partial charge in [0.15, 0.2) is 0 Å². The Morgan fingerprint density at radius 1 is 1.27 bits per heavy atom. The largest absolute Gasteiger partial charge is 0.497 e. The smallest absolute Gasteiger partial charge is 0.252 e. The summed E-state index contributed by atoms with van der Waals surface area (Å²) in [6.07, 6.45) is 4.53. The van der Waals surface area contributed by atoms with Gasteiger partial charge in [0.05, 0.1) is 12.7 Å². The molecular weight excluding hydrogens is 328 g/mol. The van der Waals surface area contributed by atoms with Crippen LogP contribution in [-0.2, 0) is 6.42 Å². The van der Waals surface area contributed by atoms with Crippen molar-refractivity contribution < 1.29 is 9.53 Å². The molecule has 3 rings (SSSR count). The number of ether oxygens (including phenoxy) is 1. The molecule has 1 atom stereocenters. The molecule has 1 fully saturated rings. The second-order valence-corrected chi connectivity index (χ2v) is 6.47. The van der Waals surface area contributed by atoms with Crippen LogP contribution in [0, 0.1) is 0 Å². The number of rotatable bonds is 8. The number of nitrogens with one attached hydrogen (secondary N) is 3. The van der Waals surface area contributed by atoms with E-state index in [0.29, 0.717) is 18.2 Å². The molecule has 3 N–H and O–H groups in total. The summed E-state index contributed by atoms with van der Waals surface area (Å²) in [5.41, 5.74) is 1.82. The Balaban J connectivity index is 1.39. The average molecular weight is 354 g/mol. The quantitative estimate of drug-likeness (QED) is 0.634. The van der Waals surface area contributed by atoms with Crippen LogP contribution in [-0.4, -0.2) is 43.7 Å². The monoisotopic (exact) mass is 354 g/mol. The van der Waals surface area contributed by atoms with Crippen LogP contribution in [0.15, 0.2) is 42.6 Å². The zero-order valence-electron chi connectivity index (χ0n) is 15.1.